The molecule has 6 heteroatoms. The van der Waals surface area contributed by atoms with Gasteiger partial charge in [-0.1, -0.05) is 30.3 Å². The second-order valence-corrected chi connectivity index (χ2v) is 7.60. The molecule has 0 fully saturated rings. The van der Waals surface area contributed by atoms with Gasteiger partial charge in [0.1, 0.15) is 22.2 Å². The van der Waals surface area contributed by atoms with E-state index in [1.165, 1.54) is 11.3 Å². The van der Waals surface area contributed by atoms with Gasteiger partial charge >= 0.3 is 0 Å². The third kappa shape index (κ3) is 5.39. The highest BCUT2D eigenvalue weighted by Gasteiger charge is 2.15. The third-order valence-corrected chi connectivity index (χ3v) is 5.00. The van der Waals surface area contributed by atoms with Crippen LogP contribution in [0.5, 0.6) is 5.75 Å². The van der Waals surface area contributed by atoms with Gasteiger partial charge in [0.25, 0.3) is 5.91 Å². The summed E-state index contributed by atoms with van der Waals surface area (Å²) in [5.74, 6) is 0.632. The van der Waals surface area contributed by atoms with Crippen molar-refractivity contribution in [3.8, 4) is 5.75 Å². The van der Waals surface area contributed by atoms with Gasteiger partial charge in [0.15, 0.2) is 0 Å². The number of carbonyl (C=O) groups is 1. The molecule has 0 bridgehead atoms. The number of aryl methyl sites for hydroxylation is 1. The minimum absolute atomic E-state index is 0.132. The molecule has 0 saturated carbocycles. The Hall–Kier alpha value is -2.70. The highest BCUT2D eigenvalue weighted by Crippen LogP contribution is 2.22. The molecule has 1 aromatic heterocycles. The smallest absolute Gasteiger partial charge is 0.267 e. The largest absolute Gasteiger partial charge is 0.489 e. The summed E-state index contributed by atoms with van der Waals surface area (Å²) in [7, 11) is 3.97. The van der Waals surface area contributed by atoms with Crippen LogP contribution in [0.25, 0.3) is 0 Å². The summed E-state index contributed by atoms with van der Waals surface area (Å²) in [5, 5.41) is 3.87. The molecular formula is C21H23N3O2S. The Bertz CT molecular complexity index is 890. The molecule has 5 nitrogen and oxygen atoms in total. The van der Waals surface area contributed by atoms with Crippen LogP contribution in [0.3, 0.4) is 0 Å². The van der Waals surface area contributed by atoms with E-state index in [-0.39, 0.29) is 5.91 Å². The van der Waals surface area contributed by atoms with E-state index in [0.717, 1.165) is 34.2 Å². The summed E-state index contributed by atoms with van der Waals surface area (Å²) >= 11 is 1.43. The molecule has 0 aliphatic heterocycles. The number of hydrogen-bond acceptors (Lipinski definition) is 5. The number of carbonyl (C=O) groups excluding carboxylic acids is 1. The lowest BCUT2D eigenvalue weighted by molar-refractivity contribution is 0.103. The number of anilines is 1. The molecule has 0 saturated heterocycles. The van der Waals surface area contributed by atoms with Crippen molar-refractivity contribution in [2.75, 3.05) is 19.4 Å². The SMILES string of the molecule is Cc1nc(CN(C)C)sc1C(=O)Nc1ccc(OCc2ccccc2)cc1. The molecule has 140 valence electrons. The normalized spacial score (nSPS) is 10.8. The predicted molar refractivity (Wildman–Crippen MR) is 109 cm³/mol. The van der Waals surface area contributed by atoms with Crippen LogP contribution in [0.15, 0.2) is 54.6 Å². The van der Waals surface area contributed by atoms with Crippen LogP contribution in [0.1, 0.15) is 25.9 Å². The molecule has 0 spiro atoms. The topological polar surface area (TPSA) is 54.5 Å². The number of amides is 1. The zero-order valence-corrected chi connectivity index (χ0v) is 16.5. The summed E-state index contributed by atoms with van der Waals surface area (Å²) in [6, 6.07) is 17.4. The van der Waals surface area contributed by atoms with Crippen LogP contribution < -0.4 is 10.1 Å². The first-order valence-corrected chi connectivity index (χ1v) is 9.52. The first-order chi connectivity index (χ1) is 13.0. The fourth-order valence-electron chi connectivity index (χ4n) is 2.56. The molecule has 0 aliphatic carbocycles. The Morgan fingerprint density at radius 3 is 2.48 bits per heavy atom. The number of nitrogens with one attached hydrogen (secondary N) is 1. The molecular weight excluding hydrogens is 358 g/mol. The van der Waals surface area contributed by atoms with Gasteiger partial charge in [-0.2, -0.15) is 0 Å². The van der Waals surface area contributed by atoms with E-state index >= 15 is 0 Å². The predicted octanol–water partition coefficient (Wildman–Crippen LogP) is 4.34. The number of hydrogen-bond donors (Lipinski definition) is 1. The van der Waals surface area contributed by atoms with Crippen molar-refractivity contribution in [2.24, 2.45) is 0 Å². The summed E-state index contributed by atoms with van der Waals surface area (Å²) in [4.78, 5) is 19.7. The molecule has 0 atom stereocenters. The van der Waals surface area contributed by atoms with E-state index in [0.29, 0.717) is 11.5 Å². The fourth-order valence-corrected chi connectivity index (χ4v) is 3.64. The van der Waals surface area contributed by atoms with Crippen molar-refractivity contribution in [3.05, 3.63) is 75.7 Å². The molecule has 0 aliphatic rings. The van der Waals surface area contributed by atoms with E-state index < -0.39 is 0 Å². The van der Waals surface area contributed by atoms with Crippen LogP contribution in [-0.4, -0.2) is 29.9 Å². The summed E-state index contributed by atoms with van der Waals surface area (Å²) in [6.45, 7) is 3.11. The Balaban J connectivity index is 1.59. The Labute approximate surface area is 163 Å². The van der Waals surface area contributed by atoms with E-state index in [2.05, 4.69) is 10.3 Å². The maximum Gasteiger partial charge on any atom is 0.267 e. The van der Waals surface area contributed by atoms with Crippen LogP contribution in [0.4, 0.5) is 5.69 Å². The Morgan fingerprint density at radius 1 is 1.11 bits per heavy atom. The number of thiazole rings is 1. The van der Waals surface area contributed by atoms with Crippen LogP contribution in [0.2, 0.25) is 0 Å². The maximum atomic E-state index is 12.5. The zero-order chi connectivity index (χ0) is 19.2. The highest BCUT2D eigenvalue weighted by molar-refractivity contribution is 7.13. The van der Waals surface area contributed by atoms with Crippen molar-refractivity contribution in [1.29, 1.82) is 0 Å². The molecule has 3 aromatic rings. The molecule has 1 amide bonds. The number of nitrogens with zero attached hydrogens (tertiary/aromatic N) is 2. The lowest BCUT2D eigenvalue weighted by atomic mass is 10.2. The third-order valence-electron chi connectivity index (χ3n) is 3.86. The molecule has 27 heavy (non-hydrogen) atoms. The molecule has 0 radical (unpaired) electrons. The first-order valence-electron chi connectivity index (χ1n) is 8.70. The van der Waals surface area contributed by atoms with E-state index in [1.54, 1.807) is 0 Å². The summed E-state index contributed by atoms with van der Waals surface area (Å²) < 4.78 is 5.77. The minimum atomic E-state index is -0.132. The zero-order valence-electron chi connectivity index (χ0n) is 15.7. The Morgan fingerprint density at radius 2 is 1.81 bits per heavy atom. The van der Waals surface area contributed by atoms with Crippen LogP contribution >= 0.6 is 11.3 Å². The van der Waals surface area contributed by atoms with Crippen molar-refractivity contribution >= 4 is 22.9 Å². The van der Waals surface area contributed by atoms with Crippen molar-refractivity contribution in [1.82, 2.24) is 9.88 Å². The molecule has 1 heterocycles. The van der Waals surface area contributed by atoms with Gasteiger partial charge in [-0.05, 0) is 50.8 Å². The first kappa shape index (κ1) is 19.1. The lowest BCUT2D eigenvalue weighted by Crippen LogP contribution is -2.11. The van der Waals surface area contributed by atoms with Gasteiger partial charge in [0, 0.05) is 12.2 Å². The number of rotatable bonds is 7. The average molecular weight is 382 g/mol. The van der Waals surface area contributed by atoms with Gasteiger partial charge in [0.2, 0.25) is 0 Å². The van der Waals surface area contributed by atoms with Gasteiger partial charge in [-0.25, -0.2) is 4.98 Å². The van der Waals surface area contributed by atoms with Crippen molar-refractivity contribution in [2.45, 2.75) is 20.1 Å². The molecule has 0 unspecified atom stereocenters. The van der Waals surface area contributed by atoms with Crippen molar-refractivity contribution in [3.63, 3.8) is 0 Å². The summed E-state index contributed by atoms with van der Waals surface area (Å²) in [6.07, 6.45) is 0. The van der Waals surface area contributed by atoms with E-state index in [4.69, 9.17) is 4.74 Å². The monoisotopic (exact) mass is 381 g/mol. The van der Waals surface area contributed by atoms with E-state index in [1.807, 2.05) is 80.5 Å². The number of benzene rings is 2. The quantitative estimate of drug-likeness (QED) is 0.661. The average Bonchev–Trinajstić information content (AvgIpc) is 3.01. The lowest BCUT2D eigenvalue weighted by Gasteiger charge is -2.08. The molecule has 3 rings (SSSR count). The highest BCUT2D eigenvalue weighted by atomic mass is 32.1. The van der Waals surface area contributed by atoms with Gasteiger partial charge < -0.3 is 15.0 Å². The second-order valence-electron chi connectivity index (χ2n) is 6.51. The van der Waals surface area contributed by atoms with Gasteiger partial charge in [0.05, 0.1) is 5.69 Å². The number of ether oxygens (including phenoxy) is 1. The Kier molecular flexibility index (Phi) is 6.21. The minimum Gasteiger partial charge on any atom is -0.489 e. The van der Waals surface area contributed by atoms with Gasteiger partial charge in [-0.3, -0.25) is 4.79 Å². The van der Waals surface area contributed by atoms with E-state index in [9.17, 15) is 4.79 Å². The fraction of sp³-hybridized carbons (Fsp3) is 0.238. The standard InChI is InChI=1S/C21H23N3O2S/c1-15-20(27-19(22-15)13-24(2)3)21(25)23-17-9-11-18(12-10-17)26-14-16-7-5-4-6-8-16/h4-12H,13-14H2,1-3H3,(H,23,25). The van der Waals surface area contributed by atoms with Gasteiger partial charge in [-0.15, -0.1) is 11.3 Å². The molecule has 2 aromatic carbocycles. The molecule has 1 N–H and O–H groups in total. The summed E-state index contributed by atoms with van der Waals surface area (Å²) in [5.41, 5.74) is 2.61. The van der Waals surface area contributed by atoms with Crippen LogP contribution in [-0.2, 0) is 13.2 Å². The van der Waals surface area contributed by atoms with Crippen LogP contribution in [0, 0.1) is 6.92 Å². The second kappa shape index (κ2) is 8.79. The van der Waals surface area contributed by atoms with Crippen molar-refractivity contribution < 1.29 is 9.53 Å². The number of aromatic nitrogens is 1. The maximum absolute atomic E-state index is 12.5.